The van der Waals surface area contributed by atoms with Crippen LogP contribution in [0.4, 0.5) is 0 Å². The standard InChI is InChI=1S/C37H48N2.C2H6/c1-26-16-18-34-30(5)35(19-17-33(34)22-26)39-36(38-29(4)11-9-14-31-12-7-6-8-13-31)28(3)24-37-20-10-15-32(25-37)21-27(2)23-37;1-2/h6-8,12-13,16,18,22,27,32H,3-4,9-11,14-15,17,19-21,23-25H2,1-2,5H3,(H,38,39);1-2H3. The summed E-state index contributed by atoms with van der Waals surface area (Å²) in [5, 5.41) is 3.70. The van der Waals surface area contributed by atoms with Gasteiger partial charge in [-0.2, -0.15) is 0 Å². The molecule has 2 nitrogen and oxygen atoms in total. The molecule has 0 aliphatic heterocycles. The Morgan fingerprint density at radius 2 is 1.80 bits per heavy atom. The summed E-state index contributed by atoms with van der Waals surface area (Å²) in [4.78, 5) is 5.36. The van der Waals surface area contributed by atoms with Crippen LogP contribution in [-0.4, -0.2) is 5.84 Å². The van der Waals surface area contributed by atoms with E-state index in [4.69, 9.17) is 4.99 Å². The zero-order chi connectivity index (χ0) is 29.4. The molecule has 0 aromatic heterocycles. The predicted molar refractivity (Wildman–Crippen MR) is 179 cm³/mol. The maximum atomic E-state index is 5.36. The molecule has 2 aromatic rings. The molecule has 2 fully saturated rings. The van der Waals surface area contributed by atoms with Crippen molar-refractivity contribution in [3.8, 4) is 0 Å². The quantitative estimate of drug-likeness (QED) is 0.244. The molecule has 3 unspecified atom stereocenters. The molecule has 0 spiro atoms. The first-order valence-electron chi connectivity index (χ1n) is 16.4. The Labute approximate surface area is 251 Å². The van der Waals surface area contributed by atoms with E-state index >= 15 is 0 Å². The lowest BCUT2D eigenvalue weighted by Gasteiger charge is -2.48. The lowest BCUT2D eigenvalue weighted by Crippen LogP contribution is -2.38. The van der Waals surface area contributed by atoms with E-state index in [1.165, 1.54) is 77.6 Å². The molecule has 2 aromatic carbocycles. The number of rotatable bonds is 9. The van der Waals surface area contributed by atoms with E-state index in [0.29, 0.717) is 5.41 Å². The van der Waals surface area contributed by atoms with Gasteiger partial charge in [-0.1, -0.05) is 101 Å². The summed E-state index contributed by atoms with van der Waals surface area (Å²) in [7, 11) is 0. The third-order valence-electron chi connectivity index (χ3n) is 9.54. The van der Waals surface area contributed by atoms with Crippen LogP contribution in [0.25, 0.3) is 5.57 Å². The number of fused-ring (bicyclic) bond motifs is 3. The first kappa shape index (κ1) is 31.1. The van der Waals surface area contributed by atoms with Gasteiger partial charge >= 0.3 is 0 Å². The number of allylic oxidation sites excluding steroid dienone is 3. The van der Waals surface area contributed by atoms with Gasteiger partial charge in [-0.25, -0.2) is 4.99 Å². The van der Waals surface area contributed by atoms with Gasteiger partial charge in [-0.15, -0.1) is 0 Å². The Morgan fingerprint density at radius 1 is 1.02 bits per heavy atom. The highest BCUT2D eigenvalue weighted by molar-refractivity contribution is 6.00. The second-order valence-electron chi connectivity index (χ2n) is 13.0. The molecule has 3 aliphatic rings. The molecule has 0 saturated heterocycles. The fourth-order valence-corrected chi connectivity index (χ4v) is 7.87. The van der Waals surface area contributed by atoms with Crippen molar-refractivity contribution in [3.05, 3.63) is 101 Å². The number of benzene rings is 2. The van der Waals surface area contributed by atoms with Crippen molar-refractivity contribution in [3.63, 3.8) is 0 Å². The number of hydrogen-bond donors (Lipinski definition) is 1. The summed E-state index contributed by atoms with van der Waals surface area (Å²) in [6.45, 7) is 20.0. The molecule has 0 radical (unpaired) electrons. The molecule has 1 N–H and O–H groups in total. The van der Waals surface area contributed by atoms with E-state index in [-0.39, 0.29) is 0 Å². The number of nitrogens with one attached hydrogen (secondary N) is 1. The Balaban J connectivity index is 0.00000189. The van der Waals surface area contributed by atoms with Crippen LogP contribution in [0.3, 0.4) is 0 Å². The first-order chi connectivity index (χ1) is 19.8. The topological polar surface area (TPSA) is 24.4 Å². The highest BCUT2D eigenvalue weighted by atomic mass is 15.0. The normalized spacial score (nSPS) is 23.7. The molecule has 5 rings (SSSR count). The van der Waals surface area contributed by atoms with Gasteiger partial charge in [0.05, 0.1) is 0 Å². The van der Waals surface area contributed by atoms with Gasteiger partial charge in [0.2, 0.25) is 0 Å². The third-order valence-corrected chi connectivity index (χ3v) is 9.54. The van der Waals surface area contributed by atoms with E-state index in [1.54, 1.807) is 0 Å². The fourth-order valence-electron chi connectivity index (χ4n) is 7.87. The zero-order valence-corrected chi connectivity index (χ0v) is 26.6. The van der Waals surface area contributed by atoms with E-state index < -0.39 is 0 Å². The van der Waals surface area contributed by atoms with E-state index in [2.05, 4.69) is 87.8 Å². The SMILES string of the molecule is C=C(CCCc1ccccc1)NC(=NC1=C(C)c2ccc(C)cc2CC1)C(=C)CC12CCCC(CC(C)C1)C2.CC. The van der Waals surface area contributed by atoms with Gasteiger partial charge in [0.15, 0.2) is 0 Å². The molecule has 2 bridgehead atoms. The highest BCUT2D eigenvalue weighted by Crippen LogP contribution is 2.54. The van der Waals surface area contributed by atoms with Crippen molar-refractivity contribution < 1.29 is 0 Å². The highest BCUT2D eigenvalue weighted by Gasteiger charge is 2.42. The van der Waals surface area contributed by atoms with Gasteiger partial charge < -0.3 is 5.32 Å². The van der Waals surface area contributed by atoms with Crippen LogP contribution in [0.5, 0.6) is 0 Å². The summed E-state index contributed by atoms with van der Waals surface area (Å²) in [6.07, 6.45) is 14.4. The zero-order valence-electron chi connectivity index (χ0n) is 26.6. The van der Waals surface area contributed by atoms with Gasteiger partial charge in [0.25, 0.3) is 0 Å². The van der Waals surface area contributed by atoms with Gasteiger partial charge in [-0.3, -0.25) is 0 Å². The average molecular weight is 551 g/mol. The maximum Gasteiger partial charge on any atom is 0.133 e. The Kier molecular flexibility index (Phi) is 10.9. The van der Waals surface area contributed by atoms with Crippen LogP contribution in [0.2, 0.25) is 0 Å². The van der Waals surface area contributed by atoms with Crippen LogP contribution >= 0.6 is 0 Å². The fraction of sp³-hybridized carbons (Fsp3) is 0.513. The van der Waals surface area contributed by atoms with Crippen LogP contribution in [0, 0.1) is 24.2 Å². The number of aryl methyl sites for hydroxylation is 3. The molecule has 0 amide bonds. The van der Waals surface area contributed by atoms with Crippen molar-refractivity contribution >= 4 is 11.4 Å². The van der Waals surface area contributed by atoms with E-state index in [1.807, 2.05) is 13.8 Å². The van der Waals surface area contributed by atoms with Crippen molar-refractivity contribution in [1.29, 1.82) is 0 Å². The van der Waals surface area contributed by atoms with Crippen molar-refractivity contribution in [1.82, 2.24) is 5.32 Å². The lowest BCUT2D eigenvalue weighted by atomic mass is 9.57. The van der Waals surface area contributed by atoms with Crippen LogP contribution < -0.4 is 5.32 Å². The maximum absolute atomic E-state index is 5.36. The second-order valence-corrected chi connectivity index (χ2v) is 13.0. The molecule has 41 heavy (non-hydrogen) atoms. The molecule has 2 heteroatoms. The Hall–Kier alpha value is -2.87. The minimum atomic E-state index is 0.398. The first-order valence-corrected chi connectivity index (χ1v) is 16.4. The summed E-state index contributed by atoms with van der Waals surface area (Å²) in [5.74, 6) is 2.68. The van der Waals surface area contributed by atoms with Crippen LogP contribution in [0.15, 0.2) is 83.6 Å². The predicted octanol–water partition coefficient (Wildman–Crippen LogP) is 10.8. The largest absolute Gasteiger partial charge is 0.344 e. The van der Waals surface area contributed by atoms with Crippen molar-refractivity contribution in [2.75, 3.05) is 0 Å². The summed E-state index contributed by atoms with van der Waals surface area (Å²) in [6, 6.07) is 17.6. The number of nitrogens with zero attached hydrogens (tertiary/aromatic N) is 1. The lowest BCUT2D eigenvalue weighted by molar-refractivity contribution is 0.0468. The summed E-state index contributed by atoms with van der Waals surface area (Å²) >= 11 is 0. The molecule has 2 saturated carbocycles. The minimum Gasteiger partial charge on any atom is -0.344 e. The second kappa shape index (κ2) is 14.3. The molecular formula is C39H54N2. The van der Waals surface area contributed by atoms with Crippen LogP contribution in [-0.2, 0) is 12.8 Å². The summed E-state index contributed by atoms with van der Waals surface area (Å²) < 4.78 is 0. The van der Waals surface area contributed by atoms with Crippen molar-refractivity contribution in [2.24, 2.45) is 22.2 Å². The Bertz CT molecular complexity index is 1260. The Morgan fingerprint density at radius 3 is 2.59 bits per heavy atom. The number of aliphatic imine (C=N–C) groups is 1. The van der Waals surface area contributed by atoms with Gasteiger partial charge in [0, 0.05) is 11.4 Å². The van der Waals surface area contributed by atoms with Crippen molar-refractivity contribution in [2.45, 2.75) is 112 Å². The molecular weight excluding hydrogens is 496 g/mol. The van der Waals surface area contributed by atoms with Gasteiger partial charge in [0.1, 0.15) is 5.84 Å². The molecule has 3 atom stereocenters. The van der Waals surface area contributed by atoms with Gasteiger partial charge in [-0.05, 0) is 123 Å². The molecule has 0 heterocycles. The monoisotopic (exact) mass is 550 g/mol. The number of amidine groups is 1. The molecule has 220 valence electrons. The summed E-state index contributed by atoms with van der Waals surface area (Å²) in [5.41, 5.74) is 10.6. The third kappa shape index (κ3) is 8.12. The van der Waals surface area contributed by atoms with E-state index in [9.17, 15) is 0 Å². The minimum absolute atomic E-state index is 0.398. The van der Waals surface area contributed by atoms with E-state index in [0.717, 1.165) is 61.9 Å². The number of hydrogen-bond acceptors (Lipinski definition) is 1. The van der Waals surface area contributed by atoms with Crippen LogP contribution in [0.1, 0.15) is 114 Å². The molecule has 3 aliphatic carbocycles. The average Bonchev–Trinajstić information content (AvgIpc) is 2.95. The smallest absolute Gasteiger partial charge is 0.133 e.